The van der Waals surface area contributed by atoms with Crippen LogP contribution in [0.3, 0.4) is 0 Å². The fraction of sp³-hybridized carbons (Fsp3) is 0.625. The predicted molar refractivity (Wildman–Crippen MR) is 83.2 cm³/mol. The summed E-state index contributed by atoms with van der Waals surface area (Å²) in [6, 6.07) is 5.39. The summed E-state index contributed by atoms with van der Waals surface area (Å²) in [7, 11) is 1.66. The number of ether oxygens (including phenoxy) is 3. The normalized spacial score (nSPS) is 19.1. The molecular formula is C16H24N2O4. The van der Waals surface area contributed by atoms with Crippen molar-refractivity contribution in [1.29, 1.82) is 0 Å². The third-order valence-electron chi connectivity index (χ3n) is 3.16. The molecule has 6 heteroatoms. The SMILES string of the molecule is COC[C@H]1CN(c2cccc(C(=O)OC(C)(C)C)n2)CCO1. The second-order valence-corrected chi connectivity index (χ2v) is 6.28. The maximum absolute atomic E-state index is 12.1. The molecule has 1 aromatic rings. The lowest BCUT2D eigenvalue weighted by atomic mass is 10.2. The molecule has 0 N–H and O–H groups in total. The van der Waals surface area contributed by atoms with Gasteiger partial charge in [0, 0.05) is 20.2 Å². The van der Waals surface area contributed by atoms with E-state index in [0.717, 1.165) is 12.4 Å². The smallest absolute Gasteiger partial charge is 0.357 e. The van der Waals surface area contributed by atoms with E-state index in [2.05, 4.69) is 9.88 Å². The Kier molecular flexibility index (Phi) is 5.37. The maximum Gasteiger partial charge on any atom is 0.357 e. The van der Waals surface area contributed by atoms with Crippen molar-refractivity contribution in [2.75, 3.05) is 38.3 Å². The molecule has 0 unspecified atom stereocenters. The maximum atomic E-state index is 12.1. The molecule has 2 rings (SSSR count). The number of nitrogens with zero attached hydrogens (tertiary/aromatic N) is 2. The van der Waals surface area contributed by atoms with Crippen LogP contribution in [-0.2, 0) is 14.2 Å². The number of carbonyl (C=O) groups excluding carboxylic acids is 1. The van der Waals surface area contributed by atoms with Gasteiger partial charge in [-0.1, -0.05) is 6.07 Å². The van der Waals surface area contributed by atoms with Crippen LogP contribution >= 0.6 is 0 Å². The molecule has 122 valence electrons. The third kappa shape index (κ3) is 4.68. The summed E-state index contributed by atoms with van der Waals surface area (Å²) < 4.78 is 16.1. The minimum Gasteiger partial charge on any atom is -0.455 e. The molecule has 1 fully saturated rings. The molecule has 0 spiro atoms. The molecule has 1 saturated heterocycles. The fourth-order valence-electron chi connectivity index (χ4n) is 2.26. The molecule has 0 amide bonds. The molecule has 0 aliphatic carbocycles. The summed E-state index contributed by atoms with van der Waals surface area (Å²) in [5.41, 5.74) is -0.209. The lowest BCUT2D eigenvalue weighted by Crippen LogP contribution is -2.44. The number of rotatable bonds is 4. The zero-order chi connectivity index (χ0) is 16.2. The van der Waals surface area contributed by atoms with E-state index in [4.69, 9.17) is 14.2 Å². The Hall–Kier alpha value is -1.66. The molecule has 0 saturated carbocycles. The van der Waals surface area contributed by atoms with E-state index in [0.29, 0.717) is 25.5 Å². The van der Waals surface area contributed by atoms with Crippen molar-refractivity contribution in [2.45, 2.75) is 32.5 Å². The van der Waals surface area contributed by atoms with E-state index in [1.165, 1.54) is 0 Å². The fourth-order valence-corrected chi connectivity index (χ4v) is 2.26. The van der Waals surface area contributed by atoms with E-state index in [1.54, 1.807) is 13.2 Å². The van der Waals surface area contributed by atoms with Crippen LogP contribution in [0, 0.1) is 0 Å². The first kappa shape index (κ1) is 16.7. The van der Waals surface area contributed by atoms with Gasteiger partial charge in [0.05, 0.1) is 19.3 Å². The molecule has 6 nitrogen and oxygen atoms in total. The van der Waals surface area contributed by atoms with E-state index < -0.39 is 11.6 Å². The summed E-state index contributed by atoms with van der Waals surface area (Å²) >= 11 is 0. The molecule has 2 heterocycles. The Morgan fingerprint density at radius 3 is 2.91 bits per heavy atom. The van der Waals surface area contributed by atoms with Crippen LogP contribution in [0.15, 0.2) is 18.2 Å². The number of anilines is 1. The lowest BCUT2D eigenvalue weighted by molar-refractivity contribution is -0.0102. The number of hydrogen-bond donors (Lipinski definition) is 0. The minimum atomic E-state index is -0.530. The number of carbonyl (C=O) groups is 1. The summed E-state index contributed by atoms with van der Waals surface area (Å²) in [5, 5.41) is 0. The number of morpholine rings is 1. The van der Waals surface area contributed by atoms with Crippen molar-refractivity contribution in [2.24, 2.45) is 0 Å². The van der Waals surface area contributed by atoms with Gasteiger partial charge in [-0.05, 0) is 32.9 Å². The van der Waals surface area contributed by atoms with E-state index >= 15 is 0 Å². The highest BCUT2D eigenvalue weighted by atomic mass is 16.6. The minimum absolute atomic E-state index is 0.0192. The highest BCUT2D eigenvalue weighted by molar-refractivity contribution is 5.88. The number of pyridine rings is 1. The average molecular weight is 308 g/mol. The van der Waals surface area contributed by atoms with Gasteiger partial charge in [0.1, 0.15) is 11.4 Å². The first-order valence-electron chi connectivity index (χ1n) is 7.45. The lowest BCUT2D eigenvalue weighted by Gasteiger charge is -2.33. The van der Waals surface area contributed by atoms with Gasteiger partial charge in [0.25, 0.3) is 0 Å². The summed E-state index contributed by atoms with van der Waals surface area (Å²) in [6.07, 6.45) is 0.0192. The highest BCUT2D eigenvalue weighted by Crippen LogP contribution is 2.17. The standard InChI is InChI=1S/C16H24N2O4/c1-16(2,3)22-15(19)13-6-5-7-14(17-13)18-8-9-21-12(10-18)11-20-4/h5-7,12H,8-11H2,1-4H3/t12-/m1/s1. The summed E-state index contributed by atoms with van der Waals surface area (Å²) in [6.45, 7) is 8.11. The molecular weight excluding hydrogens is 284 g/mol. The zero-order valence-electron chi connectivity index (χ0n) is 13.7. The van der Waals surface area contributed by atoms with Crippen LogP contribution in [0.4, 0.5) is 5.82 Å². The highest BCUT2D eigenvalue weighted by Gasteiger charge is 2.23. The number of esters is 1. The van der Waals surface area contributed by atoms with Crippen LogP contribution in [0.1, 0.15) is 31.3 Å². The summed E-state index contributed by atoms with van der Waals surface area (Å²) in [5.74, 6) is 0.351. The molecule has 1 aliphatic heterocycles. The molecule has 0 bridgehead atoms. The Morgan fingerprint density at radius 1 is 1.45 bits per heavy atom. The van der Waals surface area contributed by atoms with Gasteiger partial charge in [-0.15, -0.1) is 0 Å². The van der Waals surface area contributed by atoms with E-state index in [-0.39, 0.29) is 6.10 Å². The van der Waals surface area contributed by atoms with Gasteiger partial charge in [-0.2, -0.15) is 0 Å². The van der Waals surface area contributed by atoms with Crippen LogP contribution in [0.2, 0.25) is 0 Å². The topological polar surface area (TPSA) is 60.9 Å². The first-order chi connectivity index (χ1) is 10.4. The zero-order valence-corrected chi connectivity index (χ0v) is 13.7. The quantitative estimate of drug-likeness (QED) is 0.792. The Labute approximate surface area is 131 Å². The largest absolute Gasteiger partial charge is 0.455 e. The second-order valence-electron chi connectivity index (χ2n) is 6.28. The third-order valence-corrected chi connectivity index (χ3v) is 3.16. The molecule has 0 aromatic carbocycles. The predicted octanol–water partition coefficient (Wildman–Crippen LogP) is 1.89. The van der Waals surface area contributed by atoms with Crippen molar-refractivity contribution < 1.29 is 19.0 Å². The second kappa shape index (κ2) is 7.07. The van der Waals surface area contributed by atoms with Crippen molar-refractivity contribution in [3.63, 3.8) is 0 Å². The van der Waals surface area contributed by atoms with Crippen molar-refractivity contribution in [1.82, 2.24) is 4.98 Å². The van der Waals surface area contributed by atoms with Crippen molar-refractivity contribution in [3.05, 3.63) is 23.9 Å². The van der Waals surface area contributed by atoms with Gasteiger partial charge >= 0.3 is 5.97 Å². The molecule has 0 radical (unpaired) electrons. The van der Waals surface area contributed by atoms with Gasteiger partial charge in [-0.25, -0.2) is 9.78 Å². The number of hydrogen-bond acceptors (Lipinski definition) is 6. The van der Waals surface area contributed by atoms with Gasteiger partial charge in [0.2, 0.25) is 0 Å². The first-order valence-corrected chi connectivity index (χ1v) is 7.45. The Morgan fingerprint density at radius 2 is 2.23 bits per heavy atom. The Bertz CT molecular complexity index is 511. The molecule has 1 aliphatic rings. The van der Waals surface area contributed by atoms with Crippen LogP contribution < -0.4 is 4.90 Å². The molecule has 1 aromatic heterocycles. The average Bonchev–Trinajstić information content (AvgIpc) is 2.46. The molecule has 22 heavy (non-hydrogen) atoms. The van der Waals surface area contributed by atoms with Crippen LogP contribution in [0.5, 0.6) is 0 Å². The van der Waals surface area contributed by atoms with Crippen LogP contribution in [-0.4, -0.2) is 56.1 Å². The summed E-state index contributed by atoms with van der Waals surface area (Å²) in [4.78, 5) is 18.6. The van der Waals surface area contributed by atoms with Gasteiger partial charge in [0.15, 0.2) is 5.69 Å². The van der Waals surface area contributed by atoms with E-state index in [9.17, 15) is 4.79 Å². The van der Waals surface area contributed by atoms with Crippen molar-refractivity contribution in [3.8, 4) is 0 Å². The van der Waals surface area contributed by atoms with E-state index in [1.807, 2.05) is 32.9 Å². The monoisotopic (exact) mass is 308 g/mol. The van der Waals surface area contributed by atoms with Crippen LogP contribution in [0.25, 0.3) is 0 Å². The van der Waals surface area contributed by atoms with Gasteiger partial charge < -0.3 is 19.1 Å². The van der Waals surface area contributed by atoms with Crippen molar-refractivity contribution >= 4 is 11.8 Å². The number of aromatic nitrogens is 1. The molecule has 1 atom stereocenters. The number of methoxy groups -OCH3 is 1. The van der Waals surface area contributed by atoms with Gasteiger partial charge in [-0.3, -0.25) is 0 Å². The Balaban J connectivity index is 2.09.